The van der Waals surface area contributed by atoms with Crippen LogP contribution in [0.3, 0.4) is 0 Å². The normalized spacial score (nSPS) is 11.9. The zero-order valence-electron chi connectivity index (χ0n) is 22.1. The van der Waals surface area contributed by atoms with Crippen LogP contribution in [0.2, 0.25) is 0 Å². The molecule has 41 heavy (non-hydrogen) atoms. The Bertz CT molecular complexity index is 2470. The molecule has 3 heterocycles. The lowest BCUT2D eigenvalue weighted by Crippen LogP contribution is -1.94. The summed E-state index contributed by atoms with van der Waals surface area (Å²) >= 11 is 0. The lowest BCUT2D eigenvalue weighted by Gasteiger charge is -2.12. The molecule has 9 rings (SSSR count). The quantitative estimate of drug-likeness (QED) is 0.212. The van der Waals surface area contributed by atoms with Crippen LogP contribution in [-0.2, 0) is 0 Å². The summed E-state index contributed by atoms with van der Waals surface area (Å²) in [7, 11) is 0. The van der Waals surface area contributed by atoms with Gasteiger partial charge in [0, 0.05) is 17.0 Å². The zero-order chi connectivity index (χ0) is 26.9. The van der Waals surface area contributed by atoms with Crippen LogP contribution in [-0.4, -0.2) is 14.4 Å². The molecule has 3 aromatic heterocycles. The van der Waals surface area contributed by atoms with Gasteiger partial charge in [-0.25, -0.2) is 9.97 Å². The van der Waals surface area contributed by atoms with Crippen molar-refractivity contribution in [3.63, 3.8) is 0 Å². The molecule has 3 nitrogen and oxygen atoms in total. The lowest BCUT2D eigenvalue weighted by atomic mass is 9.92. The summed E-state index contributed by atoms with van der Waals surface area (Å²) in [5, 5.41) is 8.54. The molecule has 0 saturated heterocycles. The Labute approximate surface area is 236 Å². The fraction of sp³-hybridized carbons (Fsp3) is 0. The molecular formula is C38H23N3. The van der Waals surface area contributed by atoms with Gasteiger partial charge in [-0.1, -0.05) is 91.0 Å². The van der Waals surface area contributed by atoms with Gasteiger partial charge in [0.2, 0.25) is 0 Å². The number of rotatable bonds is 2. The minimum Gasteiger partial charge on any atom is -0.276 e. The van der Waals surface area contributed by atoms with Crippen molar-refractivity contribution < 1.29 is 0 Å². The van der Waals surface area contributed by atoms with Crippen LogP contribution in [0.4, 0.5) is 0 Å². The molecule has 0 saturated carbocycles. The van der Waals surface area contributed by atoms with Crippen LogP contribution in [0.1, 0.15) is 0 Å². The molecular weight excluding hydrogens is 498 g/mol. The molecule has 0 aliphatic rings. The maximum Gasteiger partial charge on any atom is 0.147 e. The molecule has 0 fully saturated rings. The number of nitrogens with zero attached hydrogens (tertiary/aromatic N) is 3. The van der Waals surface area contributed by atoms with E-state index in [1.54, 1.807) is 0 Å². The van der Waals surface area contributed by atoms with E-state index in [1.165, 1.54) is 43.8 Å². The summed E-state index contributed by atoms with van der Waals surface area (Å²) in [5.41, 5.74) is 8.77. The Morgan fingerprint density at radius 1 is 0.439 bits per heavy atom. The summed E-state index contributed by atoms with van der Waals surface area (Å²) < 4.78 is 2.19. The van der Waals surface area contributed by atoms with Crippen LogP contribution >= 0.6 is 0 Å². The van der Waals surface area contributed by atoms with E-state index in [9.17, 15) is 0 Å². The molecule has 0 bridgehead atoms. The Morgan fingerprint density at radius 3 is 2.02 bits per heavy atom. The first-order chi connectivity index (χ1) is 20.3. The molecule has 9 aromatic rings. The number of pyridine rings is 2. The molecule has 0 aliphatic heterocycles. The maximum absolute atomic E-state index is 5.01. The highest BCUT2D eigenvalue weighted by Gasteiger charge is 2.15. The van der Waals surface area contributed by atoms with Crippen molar-refractivity contribution in [2.75, 3.05) is 0 Å². The average Bonchev–Trinajstić information content (AvgIpc) is 3.44. The van der Waals surface area contributed by atoms with Crippen LogP contribution in [0, 0.1) is 0 Å². The van der Waals surface area contributed by atoms with Gasteiger partial charge in [-0.3, -0.25) is 4.40 Å². The first kappa shape index (κ1) is 22.3. The Hall–Kier alpha value is -5.54. The monoisotopic (exact) mass is 521 g/mol. The topological polar surface area (TPSA) is 30.2 Å². The van der Waals surface area contributed by atoms with Gasteiger partial charge in [-0.05, 0) is 91.6 Å². The number of para-hydroxylation sites is 2. The SMILES string of the molecule is c1ccc2c(c1)cc(-c1ccc(-c3ccc4c(c3)c3cccnc3n3c5ccccc5nc43)cc1)c1ccccc12. The molecule has 6 aromatic carbocycles. The van der Waals surface area contributed by atoms with Crippen molar-refractivity contribution in [2.45, 2.75) is 0 Å². The van der Waals surface area contributed by atoms with Gasteiger partial charge < -0.3 is 0 Å². The molecule has 0 spiro atoms. The Balaban J connectivity index is 1.22. The second-order valence-electron chi connectivity index (χ2n) is 10.7. The number of hydrogen-bond acceptors (Lipinski definition) is 2. The smallest absolute Gasteiger partial charge is 0.147 e. The highest BCUT2D eigenvalue weighted by Crippen LogP contribution is 2.37. The lowest BCUT2D eigenvalue weighted by molar-refractivity contribution is 1.23. The highest BCUT2D eigenvalue weighted by atomic mass is 15.1. The predicted octanol–water partition coefficient (Wildman–Crippen LogP) is 9.83. The van der Waals surface area contributed by atoms with E-state index >= 15 is 0 Å². The van der Waals surface area contributed by atoms with Crippen molar-refractivity contribution in [3.05, 3.63) is 140 Å². The number of benzene rings is 6. The van der Waals surface area contributed by atoms with Gasteiger partial charge in [0.1, 0.15) is 11.3 Å². The second-order valence-corrected chi connectivity index (χ2v) is 10.7. The molecule has 0 aliphatic carbocycles. The van der Waals surface area contributed by atoms with Gasteiger partial charge >= 0.3 is 0 Å². The van der Waals surface area contributed by atoms with E-state index in [2.05, 4.69) is 126 Å². The van der Waals surface area contributed by atoms with Crippen molar-refractivity contribution in [2.24, 2.45) is 0 Å². The van der Waals surface area contributed by atoms with Gasteiger partial charge in [-0.2, -0.15) is 0 Å². The number of imidazole rings is 1. The van der Waals surface area contributed by atoms with E-state index in [0.717, 1.165) is 38.5 Å². The number of aromatic nitrogens is 3. The zero-order valence-corrected chi connectivity index (χ0v) is 22.1. The third kappa shape index (κ3) is 3.26. The molecule has 0 unspecified atom stereocenters. The molecule has 0 atom stereocenters. The van der Waals surface area contributed by atoms with Crippen molar-refractivity contribution in [3.8, 4) is 22.3 Å². The van der Waals surface area contributed by atoms with Gasteiger partial charge in [0.05, 0.1) is 11.0 Å². The third-order valence-electron chi connectivity index (χ3n) is 8.41. The second kappa shape index (κ2) is 8.48. The number of hydrogen-bond donors (Lipinski definition) is 0. The summed E-state index contributed by atoms with van der Waals surface area (Å²) in [5.74, 6) is 0. The summed E-state index contributed by atoms with van der Waals surface area (Å²) in [4.78, 5) is 9.81. The largest absolute Gasteiger partial charge is 0.276 e. The van der Waals surface area contributed by atoms with Crippen LogP contribution < -0.4 is 0 Å². The van der Waals surface area contributed by atoms with Crippen LogP contribution in [0.5, 0.6) is 0 Å². The molecule has 0 N–H and O–H groups in total. The van der Waals surface area contributed by atoms with Crippen molar-refractivity contribution in [1.82, 2.24) is 14.4 Å². The van der Waals surface area contributed by atoms with Crippen LogP contribution in [0.15, 0.2) is 140 Å². The first-order valence-electron chi connectivity index (χ1n) is 13.9. The summed E-state index contributed by atoms with van der Waals surface area (Å²) in [6.45, 7) is 0. The summed E-state index contributed by atoms with van der Waals surface area (Å²) in [6.07, 6.45) is 1.86. The first-order valence-corrected chi connectivity index (χ1v) is 13.9. The van der Waals surface area contributed by atoms with Gasteiger partial charge in [0.25, 0.3) is 0 Å². The van der Waals surface area contributed by atoms with E-state index in [4.69, 9.17) is 9.97 Å². The van der Waals surface area contributed by atoms with E-state index in [1.807, 2.05) is 18.3 Å². The standard InChI is InChI=1S/C38H23N3/c1-2-9-28-27(8-1)23-33(30-11-4-3-10-29(28)30)25-17-15-24(16-18-25)26-19-20-32-34(22-26)31-12-7-21-39-37(31)41-36-14-6-5-13-35(36)40-38(32)41/h1-23H. The van der Waals surface area contributed by atoms with E-state index < -0.39 is 0 Å². The Morgan fingerprint density at radius 2 is 1.12 bits per heavy atom. The van der Waals surface area contributed by atoms with Crippen molar-refractivity contribution >= 4 is 60.0 Å². The fourth-order valence-electron chi connectivity index (χ4n) is 6.48. The number of fused-ring (bicyclic) bond motifs is 11. The molecule has 0 amide bonds. The minimum atomic E-state index is 0.930. The summed E-state index contributed by atoms with van der Waals surface area (Å²) in [6, 6.07) is 47.8. The predicted molar refractivity (Wildman–Crippen MR) is 171 cm³/mol. The minimum absolute atomic E-state index is 0.930. The molecule has 3 heteroatoms. The molecule has 0 radical (unpaired) electrons. The van der Waals surface area contributed by atoms with Crippen LogP contribution in [0.25, 0.3) is 82.3 Å². The fourth-order valence-corrected chi connectivity index (χ4v) is 6.48. The Kier molecular flexibility index (Phi) is 4.61. The van der Waals surface area contributed by atoms with Crippen molar-refractivity contribution in [1.29, 1.82) is 0 Å². The molecule has 190 valence electrons. The average molecular weight is 522 g/mol. The van der Waals surface area contributed by atoms with Gasteiger partial charge in [0.15, 0.2) is 0 Å². The van der Waals surface area contributed by atoms with E-state index in [0.29, 0.717) is 0 Å². The third-order valence-corrected chi connectivity index (χ3v) is 8.41. The maximum atomic E-state index is 5.01. The highest BCUT2D eigenvalue weighted by molar-refractivity contribution is 6.15. The van der Waals surface area contributed by atoms with E-state index in [-0.39, 0.29) is 0 Å². The van der Waals surface area contributed by atoms with Gasteiger partial charge in [-0.15, -0.1) is 0 Å².